The average molecular weight is 517 g/mol. The van der Waals surface area contributed by atoms with E-state index in [1.165, 1.54) is 30.3 Å². The number of rotatable bonds is 8. The summed E-state index contributed by atoms with van der Waals surface area (Å²) in [5, 5.41) is 10.1. The van der Waals surface area contributed by atoms with E-state index in [4.69, 9.17) is 4.74 Å². The summed E-state index contributed by atoms with van der Waals surface area (Å²) in [6, 6.07) is 9.86. The average Bonchev–Trinajstić information content (AvgIpc) is 2.89. The lowest BCUT2D eigenvalue weighted by atomic mass is 9.81. The van der Waals surface area contributed by atoms with Gasteiger partial charge in [-0.25, -0.2) is 17.6 Å². The molecular formula is C30H29F5O2. The number of allylic oxidation sites excluding steroid dienone is 2. The maximum Gasteiger partial charge on any atom is 0.201 e. The van der Waals surface area contributed by atoms with Crippen LogP contribution >= 0.6 is 0 Å². The lowest BCUT2D eigenvalue weighted by Crippen LogP contribution is -2.09. The van der Waals surface area contributed by atoms with Crippen LogP contribution in [0, 0.1) is 29.1 Å². The van der Waals surface area contributed by atoms with Crippen LogP contribution in [0.15, 0.2) is 48.5 Å². The number of benzene rings is 3. The molecule has 4 rings (SSSR count). The minimum absolute atomic E-state index is 0.0524. The maximum atomic E-state index is 15.1. The van der Waals surface area contributed by atoms with Crippen LogP contribution in [0.3, 0.4) is 0 Å². The molecule has 196 valence electrons. The number of hydrogen-bond acceptors (Lipinski definition) is 2. The summed E-state index contributed by atoms with van der Waals surface area (Å²) in [6.07, 6.45) is 3.04. The molecule has 1 N–H and O–H groups in total. The lowest BCUT2D eigenvalue weighted by molar-refractivity contribution is 0.160. The Morgan fingerprint density at radius 3 is 2.27 bits per heavy atom. The molecule has 0 fully saturated rings. The van der Waals surface area contributed by atoms with Crippen LogP contribution in [0.1, 0.15) is 74.7 Å². The second kappa shape index (κ2) is 11.5. The highest BCUT2D eigenvalue weighted by atomic mass is 19.2. The van der Waals surface area contributed by atoms with E-state index in [0.717, 1.165) is 0 Å². The molecule has 0 bridgehead atoms. The van der Waals surface area contributed by atoms with Crippen molar-refractivity contribution in [1.82, 2.24) is 0 Å². The molecule has 0 saturated heterocycles. The zero-order valence-electron chi connectivity index (χ0n) is 20.8. The Morgan fingerprint density at radius 1 is 0.892 bits per heavy atom. The molecule has 0 saturated carbocycles. The van der Waals surface area contributed by atoms with E-state index in [9.17, 15) is 22.7 Å². The van der Waals surface area contributed by atoms with Crippen molar-refractivity contribution in [3.63, 3.8) is 0 Å². The van der Waals surface area contributed by atoms with Crippen LogP contribution < -0.4 is 4.74 Å². The molecule has 2 unspecified atom stereocenters. The van der Waals surface area contributed by atoms with Crippen molar-refractivity contribution in [2.24, 2.45) is 0 Å². The fourth-order valence-electron chi connectivity index (χ4n) is 4.91. The van der Waals surface area contributed by atoms with Gasteiger partial charge in [0.05, 0.1) is 12.7 Å². The van der Waals surface area contributed by atoms with Gasteiger partial charge in [-0.2, -0.15) is 4.39 Å². The molecule has 2 atom stereocenters. The van der Waals surface area contributed by atoms with Crippen molar-refractivity contribution in [2.45, 2.75) is 58.0 Å². The van der Waals surface area contributed by atoms with Gasteiger partial charge in [0.2, 0.25) is 5.82 Å². The van der Waals surface area contributed by atoms with Crippen molar-refractivity contribution < 1.29 is 31.8 Å². The van der Waals surface area contributed by atoms with Crippen LogP contribution in [0.5, 0.6) is 5.75 Å². The number of aliphatic hydroxyl groups is 1. The van der Waals surface area contributed by atoms with Crippen LogP contribution in [0.2, 0.25) is 0 Å². The summed E-state index contributed by atoms with van der Waals surface area (Å²) in [7, 11) is 0. The van der Waals surface area contributed by atoms with Crippen LogP contribution in [-0.2, 0) is 0 Å². The van der Waals surface area contributed by atoms with Gasteiger partial charge in [-0.1, -0.05) is 43.7 Å². The van der Waals surface area contributed by atoms with Gasteiger partial charge in [-0.3, -0.25) is 0 Å². The van der Waals surface area contributed by atoms with Gasteiger partial charge in [0.25, 0.3) is 0 Å². The summed E-state index contributed by atoms with van der Waals surface area (Å²) in [5.74, 6) is -5.19. The standard InChI is InChI=1S/C30H29F5O2/c1-3-5-25(36)23-13-12-21(27(32)29(23)34)18-8-6-17(7-9-18)20-11-10-19(16-24(20)31)22-14-15-26(37-4-2)30(35)28(22)33/h8,10-17,25,36H,3-7,9H2,1-2H3. The zero-order valence-corrected chi connectivity index (χ0v) is 20.8. The Kier molecular flexibility index (Phi) is 8.32. The first kappa shape index (κ1) is 26.9. The monoisotopic (exact) mass is 516 g/mol. The molecule has 0 aliphatic heterocycles. The first-order valence-corrected chi connectivity index (χ1v) is 12.5. The molecular weight excluding hydrogens is 487 g/mol. The minimum Gasteiger partial charge on any atom is -0.491 e. The van der Waals surface area contributed by atoms with Crippen LogP contribution in [0.25, 0.3) is 16.7 Å². The van der Waals surface area contributed by atoms with Crippen molar-refractivity contribution in [3.8, 4) is 16.9 Å². The predicted octanol–water partition coefficient (Wildman–Crippen LogP) is 8.63. The molecule has 1 aliphatic carbocycles. The molecule has 0 spiro atoms. The van der Waals surface area contributed by atoms with E-state index in [2.05, 4.69) is 0 Å². The summed E-state index contributed by atoms with van der Waals surface area (Å²) in [5.41, 5.74) is 1.29. The molecule has 37 heavy (non-hydrogen) atoms. The van der Waals surface area contributed by atoms with Crippen molar-refractivity contribution >= 4 is 5.57 Å². The second-order valence-corrected chi connectivity index (χ2v) is 9.24. The Hall–Kier alpha value is -3.19. The Morgan fingerprint density at radius 2 is 1.62 bits per heavy atom. The molecule has 2 nitrogen and oxygen atoms in total. The van der Waals surface area contributed by atoms with Gasteiger partial charge >= 0.3 is 0 Å². The predicted molar refractivity (Wildman–Crippen MR) is 134 cm³/mol. The number of hydrogen-bond donors (Lipinski definition) is 1. The number of halogens is 5. The third-order valence-electron chi connectivity index (χ3n) is 6.89. The molecule has 7 heteroatoms. The largest absolute Gasteiger partial charge is 0.491 e. The lowest BCUT2D eigenvalue weighted by Gasteiger charge is -2.24. The molecule has 3 aromatic carbocycles. The van der Waals surface area contributed by atoms with Gasteiger partial charge in [-0.15, -0.1) is 0 Å². The molecule has 0 aromatic heterocycles. The van der Waals surface area contributed by atoms with Gasteiger partial charge < -0.3 is 9.84 Å². The topological polar surface area (TPSA) is 29.5 Å². The Bertz CT molecular complexity index is 1320. The third kappa shape index (κ3) is 5.42. The van der Waals surface area contributed by atoms with E-state index in [-0.39, 0.29) is 40.5 Å². The van der Waals surface area contributed by atoms with Gasteiger partial charge in [0, 0.05) is 16.7 Å². The Balaban J connectivity index is 1.53. The Labute approximate surface area is 213 Å². The minimum atomic E-state index is -1.12. The fraction of sp³-hybridized carbons (Fsp3) is 0.333. The van der Waals surface area contributed by atoms with E-state index < -0.39 is 35.2 Å². The number of aliphatic hydroxyl groups excluding tert-OH is 1. The summed E-state index contributed by atoms with van der Waals surface area (Å²) >= 11 is 0. The zero-order chi connectivity index (χ0) is 26.7. The van der Waals surface area contributed by atoms with Crippen molar-refractivity contribution in [3.05, 3.63) is 94.3 Å². The highest BCUT2D eigenvalue weighted by Crippen LogP contribution is 2.40. The summed E-state index contributed by atoms with van der Waals surface area (Å²) < 4.78 is 78.4. The highest BCUT2D eigenvalue weighted by Gasteiger charge is 2.25. The second-order valence-electron chi connectivity index (χ2n) is 9.24. The highest BCUT2D eigenvalue weighted by molar-refractivity contribution is 5.68. The quantitative estimate of drug-likeness (QED) is 0.304. The van der Waals surface area contributed by atoms with Crippen molar-refractivity contribution in [1.29, 1.82) is 0 Å². The third-order valence-corrected chi connectivity index (χ3v) is 6.89. The van der Waals surface area contributed by atoms with Crippen molar-refractivity contribution in [2.75, 3.05) is 6.61 Å². The maximum absolute atomic E-state index is 15.1. The molecule has 1 aliphatic rings. The first-order chi connectivity index (χ1) is 17.8. The SMILES string of the molecule is CCCC(O)c1ccc(C2=CCC(c3ccc(-c4ccc(OCC)c(F)c4F)cc3F)CC2)c(F)c1F. The van der Waals surface area contributed by atoms with E-state index in [1.54, 1.807) is 25.1 Å². The van der Waals surface area contributed by atoms with Gasteiger partial charge in [0.15, 0.2) is 23.2 Å². The summed E-state index contributed by atoms with van der Waals surface area (Å²) in [6.45, 7) is 3.70. The molecule has 0 heterocycles. The van der Waals surface area contributed by atoms with E-state index in [0.29, 0.717) is 43.2 Å². The van der Waals surface area contributed by atoms with E-state index >= 15 is 4.39 Å². The molecule has 3 aromatic rings. The normalized spacial score (nSPS) is 16.4. The smallest absolute Gasteiger partial charge is 0.201 e. The van der Waals surface area contributed by atoms with Crippen LogP contribution in [0.4, 0.5) is 22.0 Å². The van der Waals surface area contributed by atoms with E-state index in [1.807, 2.05) is 6.92 Å². The van der Waals surface area contributed by atoms with Crippen LogP contribution in [-0.4, -0.2) is 11.7 Å². The molecule has 0 radical (unpaired) electrons. The first-order valence-electron chi connectivity index (χ1n) is 12.5. The fourth-order valence-corrected chi connectivity index (χ4v) is 4.91. The summed E-state index contributed by atoms with van der Waals surface area (Å²) in [4.78, 5) is 0. The number of ether oxygens (including phenoxy) is 1. The van der Waals surface area contributed by atoms with Gasteiger partial charge in [-0.05, 0) is 73.4 Å². The van der Waals surface area contributed by atoms with Gasteiger partial charge in [0.1, 0.15) is 5.82 Å². The molecule has 0 amide bonds.